The SMILES string of the molecule is CCOC(=O)CC1CCc2cc(NC(=O)c3ccc(C=NN)cc3F)ccc2O1.Cl. The number of anilines is 1. The Balaban J connectivity index is 0.00000320. The van der Waals surface area contributed by atoms with E-state index in [4.69, 9.17) is 15.3 Å². The maximum Gasteiger partial charge on any atom is 0.309 e. The molecule has 2 aromatic carbocycles. The molecule has 0 aliphatic carbocycles. The van der Waals surface area contributed by atoms with Crippen LogP contribution in [0.1, 0.15) is 41.3 Å². The molecule has 0 saturated heterocycles. The molecule has 0 saturated carbocycles. The van der Waals surface area contributed by atoms with E-state index in [2.05, 4.69) is 10.4 Å². The second kappa shape index (κ2) is 10.6. The number of hydrazone groups is 1. The number of amides is 1. The van der Waals surface area contributed by atoms with E-state index in [1.807, 2.05) is 0 Å². The smallest absolute Gasteiger partial charge is 0.309 e. The Hall–Kier alpha value is -3.13. The molecule has 160 valence electrons. The standard InChI is InChI=1S/C21H22FN3O4.ClH/c1-2-28-20(26)11-16-6-4-14-10-15(5-8-19(14)29-16)25-21(27)17-7-3-13(12-24-23)9-18(17)22;/h3,5,7-10,12,16H,2,4,6,11,23H2,1H3,(H,25,27);1H. The van der Waals surface area contributed by atoms with E-state index in [1.165, 1.54) is 18.3 Å². The van der Waals surface area contributed by atoms with Crippen LogP contribution in [0.25, 0.3) is 0 Å². The number of nitrogens with two attached hydrogens (primary N) is 1. The molecule has 7 nitrogen and oxygen atoms in total. The van der Waals surface area contributed by atoms with E-state index in [0.717, 1.165) is 5.56 Å². The van der Waals surface area contributed by atoms with Crippen LogP contribution in [0, 0.1) is 5.82 Å². The van der Waals surface area contributed by atoms with Crippen molar-refractivity contribution in [3.05, 3.63) is 58.9 Å². The van der Waals surface area contributed by atoms with Gasteiger partial charge in [-0.15, -0.1) is 12.4 Å². The second-order valence-electron chi connectivity index (χ2n) is 6.58. The summed E-state index contributed by atoms with van der Waals surface area (Å²) in [6.07, 6.45) is 2.64. The number of carbonyl (C=O) groups is 2. The van der Waals surface area contributed by atoms with Gasteiger partial charge in [0.2, 0.25) is 0 Å². The molecule has 1 amide bonds. The second-order valence-corrected chi connectivity index (χ2v) is 6.58. The van der Waals surface area contributed by atoms with Gasteiger partial charge in [-0.1, -0.05) is 6.07 Å². The first-order chi connectivity index (χ1) is 14.0. The molecule has 0 fully saturated rings. The quantitative estimate of drug-likeness (QED) is 0.313. The Morgan fingerprint density at radius 1 is 1.33 bits per heavy atom. The first-order valence-corrected chi connectivity index (χ1v) is 9.29. The number of benzene rings is 2. The fourth-order valence-electron chi connectivity index (χ4n) is 3.15. The lowest BCUT2D eigenvalue weighted by Crippen LogP contribution is -2.26. The number of halogens is 2. The maximum atomic E-state index is 14.2. The average Bonchev–Trinajstić information content (AvgIpc) is 2.68. The van der Waals surface area contributed by atoms with Crippen molar-refractivity contribution in [2.75, 3.05) is 11.9 Å². The maximum absolute atomic E-state index is 14.2. The summed E-state index contributed by atoms with van der Waals surface area (Å²) in [4.78, 5) is 24.0. The predicted octanol–water partition coefficient (Wildman–Crippen LogP) is 3.44. The third-order valence-electron chi connectivity index (χ3n) is 4.51. The third kappa shape index (κ3) is 5.70. The molecule has 0 radical (unpaired) electrons. The first-order valence-electron chi connectivity index (χ1n) is 9.29. The molecule has 1 aliphatic heterocycles. The zero-order valence-electron chi connectivity index (χ0n) is 16.4. The van der Waals surface area contributed by atoms with Crippen molar-refractivity contribution >= 4 is 36.2 Å². The zero-order chi connectivity index (χ0) is 20.8. The largest absolute Gasteiger partial charge is 0.490 e. The van der Waals surface area contributed by atoms with Crippen LogP contribution in [0.5, 0.6) is 5.75 Å². The third-order valence-corrected chi connectivity index (χ3v) is 4.51. The van der Waals surface area contributed by atoms with Crippen molar-refractivity contribution < 1.29 is 23.5 Å². The van der Waals surface area contributed by atoms with E-state index in [1.54, 1.807) is 31.2 Å². The fourth-order valence-corrected chi connectivity index (χ4v) is 3.15. The van der Waals surface area contributed by atoms with E-state index in [0.29, 0.717) is 36.4 Å². The zero-order valence-corrected chi connectivity index (χ0v) is 17.2. The molecule has 0 bridgehead atoms. The summed E-state index contributed by atoms with van der Waals surface area (Å²) in [5.74, 6) is 4.21. The highest BCUT2D eigenvalue weighted by molar-refractivity contribution is 6.04. The van der Waals surface area contributed by atoms with Gasteiger partial charge in [-0.25, -0.2) is 4.39 Å². The summed E-state index contributed by atoms with van der Waals surface area (Å²) >= 11 is 0. The monoisotopic (exact) mass is 435 g/mol. The summed E-state index contributed by atoms with van der Waals surface area (Å²) in [5.41, 5.74) is 1.83. The summed E-state index contributed by atoms with van der Waals surface area (Å²) in [5, 5.41) is 6.02. The van der Waals surface area contributed by atoms with Gasteiger partial charge in [0.05, 0.1) is 24.8 Å². The Morgan fingerprint density at radius 3 is 2.83 bits per heavy atom. The minimum Gasteiger partial charge on any atom is -0.490 e. The number of fused-ring (bicyclic) bond motifs is 1. The van der Waals surface area contributed by atoms with Gasteiger partial charge in [-0.2, -0.15) is 5.10 Å². The summed E-state index contributed by atoms with van der Waals surface area (Å²) in [6, 6.07) is 9.33. The van der Waals surface area contributed by atoms with E-state index >= 15 is 0 Å². The number of nitrogens with one attached hydrogen (secondary N) is 1. The lowest BCUT2D eigenvalue weighted by atomic mass is 10.00. The van der Waals surface area contributed by atoms with Gasteiger partial charge in [0, 0.05) is 5.69 Å². The number of carbonyl (C=O) groups excluding carboxylic acids is 2. The highest BCUT2D eigenvalue weighted by atomic mass is 35.5. The summed E-state index contributed by atoms with van der Waals surface area (Å²) < 4.78 is 25.0. The number of aryl methyl sites for hydroxylation is 1. The molecule has 2 aromatic rings. The molecular formula is C21H23ClFN3O4. The number of rotatable bonds is 6. The fraction of sp³-hybridized carbons (Fsp3) is 0.286. The lowest BCUT2D eigenvalue weighted by molar-refractivity contribution is -0.145. The van der Waals surface area contributed by atoms with Gasteiger partial charge in [0.25, 0.3) is 5.91 Å². The van der Waals surface area contributed by atoms with Crippen LogP contribution in [-0.2, 0) is 16.0 Å². The molecule has 0 aromatic heterocycles. The minimum absolute atomic E-state index is 0. The molecule has 1 heterocycles. The van der Waals surface area contributed by atoms with Crippen molar-refractivity contribution in [3.63, 3.8) is 0 Å². The molecule has 9 heteroatoms. The van der Waals surface area contributed by atoms with Crippen LogP contribution in [0.4, 0.5) is 10.1 Å². The molecular weight excluding hydrogens is 413 g/mol. The number of hydrogen-bond donors (Lipinski definition) is 2. The van der Waals surface area contributed by atoms with Crippen molar-refractivity contribution in [3.8, 4) is 5.75 Å². The van der Waals surface area contributed by atoms with Crippen molar-refractivity contribution in [2.24, 2.45) is 10.9 Å². The van der Waals surface area contributed by atoms with Gasteiger partial charge in [0.15, 0.2) is 0 Å². The van der Waals surface area contributed by atoms with E-state index in [-0.39, 0.29) is 36.5 Å². The van der Waals surface area contributed by atoms with Gasteiger partial charge < -0.3 is 20.6 Å². The number of ether oxygens (including phenoxy) is 2. The van der Waals surface area contributed by atoms with Crippen molar-refractivity contribution in [2.45, 2.75) is 32.3 Å². The van der Waals surface area contributed by atoms with Crippen LogP contribution < -0.4 is 15.9 Å². The average molecular weight is 436 g/mol. The minimum atomic E-state index is -0.664. The highest BCUT2D eigenvalue weighted by Gasteiger charge is 2.23. The predicted molar refractivity (Wildman–Crippen MR) is 114 cm³/mol. The number of hydrogen-bond acceptors (Lipinski definition) is 6. The number of esters is 1. The van der Waals surface area contributed by atoms with Gasteiger partial charge in [-0.05, 0) is 61.2 Å². The number of nitrogens with zero attached hydrogens (tertiary/aromatic N) is 1. The van der Waals surface area contributed by atoms with Gasteiger partial charge in [0.1, 0.15) is 17.7 Å². The Bertz CT molecular complexity index is 952. The molecule has 1 atom stereocenters. The van der Waals surface area contributed by atoms with E-state index in [9.17, 15) is 14.0 Å². The first kappa shape index (κ1) is 23.2. The van der Waals surface area contributed by atoms with Crippen LogP contribution in [-0.4, -0.2) is 30.8 Å². The summed E-state index contributed by atoms with van der Waals surface area (Å²) in [6.45, 7) is 2.11. The molecule has 30 heavy (non-hydrogen) atoms. The molecule has 3 N–H and O–H groups in total. The van der Waals surface area contributed by atoms with Crippen LogP contribution >= 0.6 is 12.4 Å². The van der Waals surface area contributed by atoms with Crippen LogP contribution in [0.2, 0.25) is 0 Å². The Kier molecular flexibility index (Phi) is 8.17. The lowest BCUT2D eigenvalue weighted by Gasteiger charge is -2.26. The normalized spacial score (nSPS) is 14.9. The molecule has 3 rings (SSSR count). The van der Waals surface area contributed by atoms with Crippen LogP contribution in [0.15, 0.2) is 41.5 Å². The topological polar surface area (TPSA) is 103 Å². The highest BCUT2D eigenvalue weighted by Crippen LogP contribution is 2.31. The Labute approximate surface area is 179 Å². The van der Waals surface area contributed by atoms with Crippen molar-refractivity contribution in [1.29, 1.82) is 0 Å². The van der Waals surface area contributed by atoms with Gasteiger partial charge >= 0.3 is 5.97 Å². The summed E-state index contributed by atoms with van der Waals surface area (Å²) in [7, 11) is 0. The van der Waals surface area contributed by atoms with Gasteiger partial charge in [-0.3, -0.25) is 9.59 Å². The molecule has 1 unspecified atom stereocenters. The molecule has 1 aliphatic rings. The van der Waals surface area contributed by atoms with E-state index < -0.39 is 11.7 Å². The van der Waals surface area contributed by atoms with Crippen LogP contribution in [0.3, 0.4) is 0 Å². The Morgan fingerprint density at radius 2 is 2.13 bits per heavy atom. The van der Waals surface area contributed by atoms with Crippen molar-refractivity contribution in [1.82, 2.24) is 0 Å². The molecule has 0 spiro atoms.